The Morgan fingerprint density at radius 3 is 2.26 bits per heavy atom. The molecule has 1 saturated heterocycles. The van der Waals surface area contributed by atoms with Crippen LogP contribution in [0.25, 0.3) is 0 Å². The summed E-state index contributed by atoms with van der Waals surface area (Å²) in [4.78, 5) is 12.4. The van der Waals surface area contributed by atoms with Crippen molar-refractivity contribution in [1.29, 1.82) is 0 Å². The number of sulfonamides is 1. The summed E-state index contributed by atoms with van der Waals surface area (Å²) in [7, 11) is -3.58. The summed E-state index contributed by atoms with van der Waals surface area (Å²) in [6.45, 7) is 1.26. The molecule has 0 atom stereocenters. The second kappa shape index (κ2) is 10.9. The van der Waals surface area contributed by atoms with Crippen LogP contribution in [0.2, 0.25) is 15.1 Å². The van der Waals surface area contributed by atoms with Crippen molar-refractivity contribution in [1.82, 2.24) is 9.62 Å². The zero-order valence-corrected chi connectivity index (χ0v) is 19.8. The number of carbonyl (C=O) groups excluding carboxylic acids is 1. The topological polar surface area (TPSA) is 75.7 Å². The number of halogens is 3. The monoisotopic (exact) mass is 504 g/mol. The van der Waals surface area contributed by atoms with Crippen molar-refractivity contribution in [3.05, 3.63) is 63.1 Å². The van der Waals surface area contributed by atoms with Crippen LogP contribution >= 0.6 is 34.8 Å². The Labute approximate surface area is 197 Å². The summed E-state index contributed by atoms with van der Waals surface area (Å²) in [6, 6.07) is 11.9. The van der Waals surface area contributed by atoms with E-state index in [0.29, 0.717) is 52.4 Å². The van der Waals surface area contributed by atoms with E-state index in [1.165, 1.54) is 4.31 Å². The second-order valence-electron chi connectivity index (χ2n) is 7.22. The molecule has 0 radical (unpaired) electrons. The van der Waals surface area contributed by atoms with Gasteiger partial charge in [-0.1, -0.05) is 40.9 Å². The molecule has 1 aliphatic rings. The van der Waals surface area contributed by atoms with Gasteiger partial charge in [0.2, 0.25) is 15.9 Å². The predicted molar refractivity (Wildman–Crippen MR) is 123 cm³/mol. The number of amides is 1. The number of piperidine rings is 1. The molecule has 10 heteroatoms. The number of nitrogens with one attached hydrogen (secondary N) is 1. The molecule has 2 aromatic carbocycles. The Bertz CT molecular complexity index is 988. The molecule has 1 amide bonds. The average molecular weight is 506 g/mol. The van der Waals surface area contributed by atoms with Gasteiger partial charge in [0, 0.05) is 39.6 Å². The Kier molecular flexibility index (Phi) is 8.47. The van der Waals surface area contributed by atoms with Crippen LogP contribution in [0.15, 0.2) is 42.5 Å². The van der Waals surface area contributed by atoms with Crippen LogP contribution in [0.4, 0.5) is 0 Å². The van der Waals surface area contributed by atoms with Crippen molar-refractivity contribution in [2.45, 2.75) is 18.6 Å². The van der Waals surface area contributed by atoms with Crippen molar-refractivity contribution < 1.29 is 17.9 Å². The van der Waals surface area contributed by atoms with Crippen LogP contribution in [0, 0.1) is 5.92 Å². The zero-order valence-electron chi connectivity index (χ0n) is 16.7. The van der Waals surface area contributed by atoms with Crippen molar-refractivity contribution in [2.75, 3.05) is 26.2 Å². The van der Waals surface area contributed by atoms with Gasteiger partial charge in [0.15, 0.2) is 0 Å². The summed E-state index contributed by atoms with van der Waals surface area (Å²) in [6.07, 6.45) is 0.915. The van der Waals surface area contributed by atoms with E-state index in [-0.39, 0.29) is 30.7 Å². The van der Waals surface area contributed by atoms with E-state index >= 15 is 0 Å². The molecular formula is C21H23Cl3N2O4S. The first-order valence-electron chi connectivity index (χ1n) is 9.83. The van der Waals surface area contributed by atoms with E-state index in [0.717, 1.165) is 0 Å². The van der Waals surface area contributed by atoms with Crippen molar-refractivity contribution in [3.8, 4) is 5.75 Å². The lowest BCUT2D eigenvalue weighted by atomic mass is 9.97. The highest BCUT2D eigenvalue weighted by molar-refractivity contribution is 7.88. The maximum Gasteiger partial charge on any atom is 0.223 e. The molecule has 168 valence electrons. The number of ether oxygens (including phenoxy) is 1. The summed E-state index contributed by atoms with van der Waals surface area (Å²) in [5, 5.41) is 4.13. The minimum Gasteiger partial charge on any atom is -0.492 e. The highest BCUT2D eigenvalue weighted by Gasteiger charge is 2.31. The number of benzene rings is 2. The van der Waals surface area contributed by atoms with E-state index in [1.807, 2.05) is 0 Å². The molecular weight excluding hydrogens is 483 g/mol. The molecule has 1 fully saturated rings. The van der Waals surface area contributed by atoms with Crippen LogP contribution < -0.4 is 10.1 Å². The minimum atomic E-state index is -3.58. The van der Waals surface area contributed by atoms with Crippen molar-refractivity contribution >= 4 is 50.7 Å². The van der Waals surface area contributed by atoms with Crippen molar-refractivity contribution in [2.24, 2.45) is 5.92 Å². The zero-order chi connectivity index (χ0) is 22.4. The van der Waals surface area contributed by atoms with Gasteiger partial charge in [-0.25, -0.2) is 12.7 Å². The third-order valence-corrected chi connectivity index (χ3v) is 7.86. The largest absolute Gasteiger partial charge is 0.492 e. The summed E-state index contributed by atoms with van der Waals surface area (Å²) >= 11 is 18.0. The van der Waals surface area contributed by atoms with E-state index < -0.39 is 10.0 Å². The normalized spacial score (nSPS) is 15.6. The van der Waals surface area contributed by atoms with E-state index in [4.69, 9.17) is 39.5 Å². The molecule has 1 aliphatic heterocycles. The highest BCUT2D eigenvalue weighted by atomic mass is 35.5. The van der Waals surface area contributed by atoms with E-state index in [9.17, 15) is 13.2 Å². The average Bonchev–Trinajstić information content (AvgIpc) is 2.75. The number of hydrogen-bond donors (Lipinski definition) is 1. The van der Waals surface area contributed by atoms with Crippen LogP contribution in [-0.2, 0) is 20.6 Å². The van der Waals surface area contributed by atoms with E-state index in [1.54, 1.807) is 42.5 Å². The van der Waals surface area contributed by atoms with Gasteiger partial charge in [0.05, 0.1) is 12.3 Å². The van der Waals surface area contributed by atoms with Gasteiger partial charge in [-0.3, -0.25) is 4.79 Å². The first kappa shape index (κ1) is 24.1. The van der Waals surface area contributed by atoms with Crippen LogP contribution in [0.1, 0.15) is 18.4 Å². The third-order valence-electron chi connectivity index (χ3n) is 5.09. The number of hydrogen-bond acceptors (Lipinski definition) is 4. The van der Waals surface area contributed by atoms with Gasteiger partial charge in [-0.05, 0) is 49.2 Å². The van der Waals surface area contributed by atoms with E-state index in [2.05, 4.69) is 5.32 Å². The first-order valence-corrected chi connectivity index (χ1v) is 12.6. The maximum atomic E-state index is 12.8. The molecule has 0 aliphatic carbocycles. The van der Waals surface area contributed by atoms with Gasteiger partial charge in [0.1, 0.15) is 12.4 Å². The fourth-order valence-corrected chi connectivity index (χ4v) is 5.80. The summed E-state index contributed by atoms with van der Waals surface area (Å²) < 4.78 is 32.5. The van der Waals surface area contributed by atoms with Crippen LogP contribution in [-0.4, -0.2) is 44.9 Å². The third kappa shape index (κ3) is 6.73. The number of rotatable bonds is 8. The highest BCUT2D eigenvalue weighted by Crippen LogP contribution is 2.29. The standard InChI is InChI=1S/C21H23Cl3N2O4S/c22-16-4-6-17(7-5-16)30-13-10-25-21(27)15-8-11-26(12-9-15)31(28,29)14-18-19(23)2-1-3-20(18)24/h1-7,15H,8-14H2,(H,25,27). The van der Waals surface area contributed by atoms with Gasteiger partial charge in [0.25, 0.3) is 0 Å². The summed E-state index contributed by atoms with van der Waals surface area (Å²) in [5.41, 5.74) is 0.395. The fraction of sp³-hybridized carbons (Fsp3) is 0.381. The lowest BCUT2D eigenvalue weighted by molar-refractivity contribution is -0.126. The molecule has 3 rings (SSSR count). The Morgan fingerprint density at radius 2 is 1.65 bits per heavy atom. The molecule has 0 spiro atoms. The Balaban J connectivity index is 1.44. The predicted octanol–water partition coefficient (Wildman–Crippen LogP) is 4.38. The van der Waals surface area contributed by atoms with Gasteiger partial charge in [-0.15, -0.1) is 0 Å². The van der Waals surface area contributed by atoms with Crippen LogP contribution in [0.3, 0.4) is 0 Å². The van der Waals surface area contributed by atoms with Gasteiger partial charge in [-0.2, -0.15) is 0 Å². The Morgan fingerprint density at radius 1 is 1.03 bits per heavy atom. The smallest absolute Gasteiger partial charge is 0.223 e. The van der Waals surface area contributed by atoms with Gasteiger partial charge < -0.3 is 10.1 Å². The summed E-state index contributed by atoms with van der Waals surface area (Å²) in [5.74, 6) is 0.0947. The lowest BCUT2D eigenvalue weighted by Crippen LogP contribution is -2.44. The number of carbonyl (C=O) groups is 1. The minimum absolute atomic E-state index is 0.0918. The molecule has 31 heavy (non-hydrogen) atoms. The molecule has 0 aromatic heterocycles. The molecule has 2 aromatic rings. The molecule has 0 unspecified atom stereocenters. The lowest BCUT2D eigenvalue weighted by Gasteiger charge is -2.30. The molecule has 1 heterocycles. The van der Waals surface area contributed by atoms with Crippen molar-refractivity contribution in [3.63, 3.8) is 0 Å². The maximum absolute atomic E-state index is 12.8. The van der Waals surface area contributed by atoms with Gasteiger partial charge >= 0.3 is 0 Å². The molecule has 6 nitrogen and oxygen atoms in total. The molecule has 0 bridgehead atoms. The Hall–Kier alpha value is -1.51. The molecule has 0 saturated carbocycles. The molecule has 1 N–H and O–H groups in total. The second-order valence-corrected chi connectivity index (χ2v) is 10.4. The number of nitrogens with zero attached hydrogens (tertiary/aromatic N) is 1. The SMILES string of the molecule is O=C(NCCOc1ccc(Cl)cc1)C1CCN(S(=O)(=O)Cc2c(Cl)cccc2Cl)CC1. The van der Waals surface area contributed by atoms with Crippen LogP contribution in [0.5, 0.6) is 5.75 Å². The first-order chi connectivity index (χ1) is 14.8. The fourth-order valence-electron chi connectivity index (χ4n) is 3.36. The quantitative estimate of drug-likeness (QED) is 0.540.